The molecule has 0 aliphatic carbocycles. The lowest BCUT2D eigenvalue weighted by molar-refractivity contribution is -0.160. The third kappa shape index (κ3) is 9.39. The van der Waals surface area contributed by atoms with Crippen molar-refractivity contribution in [2.24, 2.45) is 0 Å². The molecule has 4 aromatic carbocycles. The Morgan fingerprint density at radius 3 is 1.46 bits per heavy atom. The molecule has 2 aliphatic heterocycles. The predicted molar refractivity (Wildman–Crippen MR) is 216 cm³/mol. The molecule has 4 unspecified atom stereocenters. The molecule has 5 aromatic rings. The van der Waals surface area contributed by atoms with Gasteiger partial charge in [0.25, 0.3) is 11.8 Å². The summed E-state index contributed by atoms with van der Waals surface area (Å²) in [5, 5.41) is 5.81. The fourth-order valence-corrected chi connectivity index (χ4v) is 7.42. The van der Waals surface area contributed by atoms with Crippen LogP contribution in [0.25, 0.3) is 22.8 Å². The lowest BCUT2D eigenvalue weighted by Gasteiger charge is -2.28. The molecule has 4 atom stereocenters. The maximum atomic E-state index is 13.6. The Morgan fingerprint density at radius 1 is 0.610 bits per heavy atom. The van der Waals surface area contributed by atoms with Gasteiger partial charge in [-0.1, -0.05) is 60.7 Å². The number of carbonyl (C=O) groups excluding carboxylic acids is 6. The smallest absolute Gasteiger partial charge is 0.303 e. The van der Waals surface area contributed by atoms with Crippen molar-refractivity contribution in [2.75, 3.05) is 23.7 Å². The average molecular weight is 798 g/mol. The van der Waals surface area contributed by atoms with Crippen molar-refractivity contribution >= 4 is 46.9 Å². The van der Waals surface area contributed by atoms with Crippen LogP contribution in [0.5, 0.6) is 0 Å². The zero-order valence-corrected chi connectivity index (χ0v) is 32.5. The number of ether oxygens (including phenoxy) is 2. The summed E-state index contributed by atoms with van der Waals surface area (Å²) in [6.45, 7) is 3.22. The number of rotatable bonds is 12. The Balaban J connectivity index is 0.952. The number of anilines is 2. The number of oxazole rings is 1. The van der Waals surface area contributed by atoms with Gasteiger partial charge in [-0.05, 0) is 74.2 Å². The summed E-state index contributed by atoms with van der Waals surface area (Å²) in [5.74, 6) is -1.91. The molecule has 59 heavy (non-hydrogen) atoms. The number of esters is 2. The van der Waals surface area contributed by atoms with Crippen molar-refractivity contribution in [1.82, 2.24) is 14.8 Å². The summed E-state index contributed by atoms with van der Waals surface area (Å²) < 4.78 is 16.9. The fraction of sp³-hybridized carbons (Fsp3) is 0.267. The zero-order chi connectivity index (χ0) is 41.5. The monoisotopic (exact) mass is 797 g/mol. The van der Waals surface area contributed by atoms with Crippen molar-refractivity contribution in [3.05, 3.63) is 127 Å². The van der Waals surface area contributed by atoms with Crippen molar-refractivity contribution in [2.45, 2.75) is 63.8 Å². The van der Waals surface area contributed by atoms with Crippen LogP contribution in [0.3, 0.4) is 0 Å². The van der Waals surface area contributed by atoms with Crippen LogP contribution < -0.4 is 10.6 Å². The van der Waals surface area contributed by atoms with E-state index in [1.165, 1.54) is 23.6 Å². The van der Waals surface area contributed by atoms with E-state index in [1.807, 2.05) is 0 Å². The molecule has 0 spiro atoms. The average Bonchev–Trinajstić information content (AvgIpc) is 4.05. The largest absolute Gasteiger partial charge is 0.447 e. The van der Waals surface area contributed by atoms with Crippen LogP contribution in [0.2, 0.25) is 0 Å². The first-order valence-electron chi connectivity index (χ1n) is 19.4. The van der Waals surface area contributed by atoms with E-state index < -0.39 is 48.0 Å². The van der Waals surface area contributed by atoms with Gasteiger partial charge in [-0.3, -0.25) is 28.8 Å². The highest BCUT2D eigenvalue weighted by molar-refractivity contribution is 5.99. The second kappa shape index (κ2) is 18.0. The van der Waals surface area contributed by atoms with Crippen LogP contribution in [0.1, 0.15) is 62.9 Å². The minimum absolute atomic E-state index is 0.343. The van der Waals surface area contributed by atoms with E-state index in [-0.39, 0.29) is 11.8 Å². The first-order valence-corrected chi connectivity index (χ1v) is 19.4. The maximum absolute atomic E-state index is 13.6. The van der Waals surface area contributed by atoms with Gasteiger partial charge < -0.3 is 34.3 Å². The SMILES string of the molecule is CC(=O)OC(C(=O)N1CCCC1C(=O)Nc1ccc(-c2cnc(-c3ccc(NC(=O)C4CCCN4C(=O)C(OC(C)=O)c4ccccc4)cc3)o2)cc1)c1ccccc1. The van der Waals surface area contributed by atoms with Gasteiger partial charge in [0.05, 0.1) is 6.20 Å². The third-order valence-electron chi connectivity index (χ3n) is 10.2. The summed E-state index contributed by atoms with van der Waals surface area (Å²) in [7, 11) is 0. The number of aromatic nitrogens is 1. The zero-order valence-electron chi connectivity index (χ0n) is 32.5. The molecule has 302 valence electrons. The number of amides is 4. The van der Waals surface area contributed by atoms with Gasteiger partial charge in [0.15, 0.2) is 5.76 Å². The minimum atomic E-state index is -1.15. The van der Waals surface area contributed by atoms with Crippen LogP contribution >= 0.6 is 0 Å². The number of benzene rings is 4. The molecular weight excluding hydrogens is 755 g/mol. The quantitative estimate of drug-likeness (QED) is 0.133. The Kier molecular flexibility index (Phi) is 12.2. The summed E-state index contributed by atoms with van der Waals surface area (Å²) in [6.07, 6.45) is 1.51. The number of hydrogen-bond acceptors (Lipinski definition) is 10. The topological polar surface area (TPSA) is 177 Å². The van der Waals surface area contributed by atoms with Crippen LogP contribution in [0.15, 0.2) is 120 Å². The molecule has 0 saturated carbocycles. The van der Waals surface area contributed by atoms with E-state index in [0.29, 0.717) is 84.1 Å². The first kappa shape index (κ1) is 40.1. The maximum Gasteiger partial charge on any atom is 0.303 e. The highest BCUT2D eigenvalue weighted by Crippen LogP contribution is 2.31. The highest BCUT2D eigenvalue weighted by Gasteiger charge is 2.40. The molecular formula is C45H43N5O9. The highest BCUT2D eigenvalue weighted by atomic mass is 16.6. The van der Waals surface area contributed by atoms with Crippen LogP contribution in [-0.4, -0.2) is 75.5 Å². The molecule has 2 fully saturated rings. The van der Waals surface area contributed by atoms with E-state index in [9.17, 15) is 28.8 Å². The van der Waals surface area contributed by atoms with E-state index in [0.717, 1.165) is 0 Å². The Bertz CT molecular complexity index is 2150. The second-order valence-corrected chi connectivity index (χ2v) is 14.3. The molecule has 0 bridgehead atoms. The van der Waals surface area contributed by atoms with Gasteiger partial charge in [0.2, 0.25) is 29.9 Å². The van der Waals surface area contributed by atoms with Gasteiger partial charge in [-0.2, -0.15) is 0 Å². The van der Waals surface area contributed by atoms with Gasteiger partial charge >= 0.3 is 11.9 Å². The molecule has 2 N–H and O–H groups in total. The third-order valence-corrected chi connectivity index (χ3v) is 10.2. The summed E-state index contributed by atoms with van der Waals surface area (Å²) in [4.78, 5) is 85.1. The van der Waals surface area contributed by atoms with Gasteiger partial charge in [-0.15, -0.1) is 0 Å². The van der Waals surface area contributed by atoms with E-state index in [2.05, 4.69) is 15.6 Å². The molecule has 7 rings (SSSR count). The Hall–Kier alpha value is -7.09. The van der Waals surface area contributed by atoms with Crippen LogP contribution in [0, 0.1) is 0 Å². The lowest BCUT2D eigenvalue weighted by Crippen LogP contribution is -2.45. The van der Waals surface area contributed by atoms with E-state index in [1.54, 1.807) is 115 Å². The fourth-order valence-electron chi connectivity index (χ4n) is 7.42. The number of carbonyl (C=O) groups is 6. The summed E-state index contributed by atoms with van der Waals surface area (Å²) in [5.41, 5.74) is 3.50. The van der Waals surface area contributed by atoms with Crippen LogP contribution in [0.4, 0.5) is 11.4 Å². The number of hydrogen-bond donors (Lipinski definition) is 2. The van der Waals surface area contributed by atoms with Crippen molar-refractivity contribution in [3.8, 4) is 22.8 Å². The molecule has 14 nitrogen and oxygen atoms in total. The number of nitrogens with one attached hydrogen (secondary N) is 2. The molecule has 14 heteroatoms. The Morgan fingerprint density at radius 2 is 1.03 bits per heavy atom. The van der Waals surface area contributed by atoms with Crippen LogP contribution in [-0.2, 0) is 38.2 Å². The number of nitrogens with zero attached hydrogens (tertiary/aromatic N) is 3. The van der Waals surface area contributed by atoms with E-state index in [4.69, 9.17) is 13.9 Å². The minimum Gasteiger partial charge on any atom is -0.447 e. The normalized spacial score (nSPS) is 17.1. The molecule has 3 heterocycles. The Labute approximate surface area is 340 Å². The first-order chi connectivity index (χ1) is 28.5. The number of likely N-dealkylation sites (tertiary alicyclic amines) is 2. The second-order valence-electron chi connectivity index (χ2n) is 14.3. The van der Waals surface area contributed by atoms with Gasteiger partial charge in [0.1, 0.15) is 12.1 Å². The molecule has 1 aromatic heterocycles. The van der Waals surface area contributed by atoms with Crippen molar-refractivity contribution in [3.63, 3.8) is 0 Å². The summed E-state index contributed by atoms with van der Waals surface area (Å²) >= 11 is 0. The molecule has 2 saturated heterocycles. The molecule has 2 aliphatic rings. The van der Waals surface area contributed by atoms with E-state index >= 15 is 0 Å². The van der Waals surface area contributed by atoms with Gasteiger partial charge in [0, 0.05) is 60.6 Å². The van der Waals surface area contributed by atoms with Crippen molar-refractivity contribution in [1.29, 1.82) is 0 Å². The molecule has 4 amide bonds. The predicted octanol–water partition coefficient (Wildman–Crippen LogP) is 6.48. The molecule has 0 radical (unpaired) electrons. The lowest BCUT2D eigenvalue weighted by atomic mass is 10.1. The van der Waals surface area contributed by atoms with Gasteiger partial charge in [-0.25, -0.2) is 4.98 Å². The van der Waals surface area contributed by atoms with Crippen molar-refractivity contribution < 1.29 is 42.7 Å². The standard InChI is InChI=1S/C45H43N5O9/c1-28(51)57-39(31-11-5-3-6-12-31)44(55)49-25-9-15-36(49)41(53)47-34-21-17-30(18-22-34)38-27-46-43(59-38)33-19-23-35(24-20-33)48-42(54)37-16-10-26-50(37)45(56)40(58-29(2)52)32-13-7-4-8-14-32/h3-8,11-14,17-24,27,36-37,39-40H,9-10,15-16,25-26H2,1-2H3,(H,47,53)(H,48,54). The summed E-state index contributed by atoms with van der Waals surface area (Å²) in [6, 6.07) is 30.0.